The maximum absolute atomic E-state index is 4.64. The minimum absolute atomic E-state index is 0. The zero-order chi connectivity index (χ0) is 13.8. The number of hydrogen-bond acceptors (Lipinski definition) is 2. The first-order chi connectivity index (χ1) is 9.11. The molecule has 2 rings (SSSR count). The van der Waals surface area contributed by atoms with Gasteiger partial charge in [-0.05, 0) is 45.6 Å². The number of hydrogen-bond donors (Lipinski definition) is 2. The van der Waals surface area contributed by atoms with Crippen LogP contribution in [0.5, 0.6) is 0 Å². The summed E-state index contributed by atoms with van der Waals surface area (Å²) in [6, 6.07) is 0.639. The average Bonchev–Trinajstić information content (AvgIpc) is 3.13. The van der Waals surface area contributed by atoms with Crippen molar-refractivity contribution in [1.29, 1.82) is 0 Å². The SMILES string of the molecule is CCNC(=NCCc1c(C)nn(C)c1C)NC1CC1.I. The molecule has 0 radical (unpaired) electrons. The smallest absolute Gasteiger partial charge is 0.191 e. The summed E-state index contributed by atoms with van der Waals surface area (Å²) in [7, 11) is 1.99. The quantitative estimate of drug-likeness (QED) is 0.458. The van der Waals surface area contributed by atoms with Gasteiger partial charge in [-0.3, -0.25) is 9.67 Å². The summed E-state index contributed by atoms with van der Waals surface area (Å²) in [5.41, 5.74) is 3.69. The van der Waals surface area contributed by atoms with Crippen molar-refractivity contribution in [3.05, 3.63) is 17.0 Å². The van der Waals surface area contributed by atoms with Crippen LogP contribution in [-0.4, -0.2) is 34.9 Å². The third-order valence-electron chi connectivity index (χ3n) is 3.55. The molecule has 2 N–H and O–H groups in total. The summed E-state index contributed by atoms with van der Waals surface area (Å²) in [4.78, 5) is 4.64. The average molecular weight is 391 g/mol. The maximum atomic E-state index is 4.64. The van der Waals surface area contributed by atoms with E-state index in [1.165, 1.54) is 24.1 Å². The van der Waals surface area contributed by atoms with Crippen LogP contribution in [0.25, 0.3) is 0 Å². The summed E-state index contributed by atoms with van der Waals surface area (Å²) in [6.45, 7) is 7.99. The van der Waals surface area contributed by atoms with E-state index >= 15 is 0 Å². The van der Waals surface area contributed by atoms with Crippen LogP contribution in [0.2, 0.25) is 0 Å². The number of nitrogens with one attached hydrogen (secondary N) is 2. The molecule has 1 fully saturated rings. The number of aromatic nitrogens is 2. The molecule has 6 heteroatoms. The molecule has 0 atom stereocenters. The normalized spacial score (nSPS) is 14.9. The molecule has 0 aromatic carbocycles. The molecule has 1 aliphatic rings. The van der Waals surface area contributed by atoms with Gasteiger partial charge in [0.1, 0.15) is 0 Å². The van der Waals surface area contributed by atoms with Gasteiger partial charge >= 0.3 is 0 Å². The molecule has 5 nitrogen and oxygen atoms in total. The van der Waals surface area contributed by atoms with E-state index in [1.54, 1.807) is 0 Å². The van der Waals surface area contributed by atoms with Crippen molar-refractivity contribution >= 4 is 29.9 Å². The van der Waals surface area contributed by atoms with Crippen molar-refractivity contribution in [3.63, 3.8) is 0 Å². The molecule has 114 valence electrons. The van der Waals surface area contributed by atoms with Crippen molar-refractivity contribution in [2.45, 2.75) is 46.1 Å². The number of nitrogens with zero attached hydrogens (tertiary/aromatic N) is 3. The highest BCUT2D eigenvalue weighted by Crippen LogP contribution is 2.18. The molecule has 0 saturated heterocycles. The Morgan fingerprint density at radius 2 is 2.10 bits per heavy atom. The van der Waals surface area contributed by atoms with Crippen LogP contribution in [0.3, 0.4) is 0 Å². The molecule has 1 aliphatic carbocycles. The Kier molecular flexibility index (Phi) is 6.78. The largest absolute Gasteiger partial charge is 0.357 e. The van der Waals surface area contributed by atoms with E-state index < -0.39 is 0 Å². The molecule has 20 heavy (non-hydrogen) atoms. The summed E-state index contributed by atoms with van der Waals surface area (Å²) < 4.78 is 1.95. The lowest BCUT2D eigenvalue weighted by Crippen LogP contribution is -2.38. The van der Waals surface area contributed by atoms with Crippen LogP contribution in [0, 0.1) is 13.8 Å². The second-order valence-corrected chi connectivity index (χ2v) is 5.20. The van der Waals surface area contributed by atoms with E-state index in [4.69, 9.17) is 0 Å². The molecule has 1 aromatic rings. The molecule has 0 amide bonds. The molecule has 1 heterocycles. The van der Waals surface area contributed by atoms with Crippen LogP contribution in [0.4, 0.5) is 0 Å². The number of guanidine groups is 1. The van der Waals surface area contributed by atoms with E-state index in [-0.39, 0.29) is 24.0 Å². The van der Waals surface area contributed by atoms with Gasteiger partial charge in [-0.25, -0.2) is 0 Å². The summed E-state index contributed by atoms with van der Waals surface area (Å²) in [5, 5.41) is 11.2. The second-order valence-electron chi connectivity index (χ2n) is 5.20. The predicted molar refractivity (Wildman–Crippen MR) is 93.9 cm³/mol. The Balaban J connectivity index is 0.00000200. The maximum Gasteiger partial charge on any atom is 0.191 e. The first-order valence-corrected chi connectivity index (χ1v) is 7.15. The van der Waals surface area contributed by atoms with Crippen molar-refractivity contribution in [1.82, 2.24) is 20.4 Å². The summed E-state index contributed by atoms with van der Waals surface area (Å²) in [6.07, 6.45) is 3.49. The van der Waals surface area contributed by atoms with E-state index in [9.17, 15) is 0 Å². The zero-order valence-corrected chi connectivity index (χ0v) is 15.2. The Bertz CT molecular complexity index is 462. The number of aryl methyl sites for hydroxylation is 2. The van der Waals surface area contributed by atoms with Crippen LogP contribution >= 0.6 is 24.0 Å². The lowest BCUT2D eigenvalue weighted by Gasteiger charge is -2.10. The Labute approximate surface area is 138 Å². The molecule has 0 aliphatic heterocycles. The molecule has 1 saturated carbocycles. The minimum atomic E-state index is 0. The number of rotatable bonds is 5. The lowest BCUT2D eigenvalue weighted by atomic mass is 10.1. The van der Waals surface area contributed by atoms with Gasteiger partial charge in [0.25, 0.3) is 0 Å². The lowest BCUT2D eigenvalue weighted by molar-refractivity contribution is 0.729. The van der Waals surface area contributed by atoms with E-state index in [0.717, 1.165) is 31.2 Å². The van der Waals surface area contributed by atoms with Crippen molar-refractivity contribution in [2.24, 2.45) is 12.0 Å². The van der Waals surface area contributed by atoms with E-state index in [2.05, 4.69) is 41.5 Å². The van der Waals surface area contributed by atoms with Crippen LogP contribution in [0.1, 0.15) is 36.7 Å². The van der Waals surface area contributed by atoms with Crippen LogP contribution in [-0.2, 0) is 13.5 Å². The third kappa shape index (κ3) is 4.64. The van der Waals surface area contributed by atoms with Gasteiger partial charge < -0.3 is 10.6 Å². The van der Waals surface area contributed by atoms with Crippen LogP contribution < -0.4 is 10.6 Å². The molecular formula is C14H26IN5. The van der Waals surface area contributed by atoms with E-state index in [1.807, 2.05) is 11.7 Å². The zero-order valence-electron chi connectivity index (χ0n) is 12.9. The number of halogens is 1. The fourth-order valence-corrected chi connectivity index (χ4v) is 2.20. The monoisotopic (exact) mass is 391 g/mol. The first-order valence-electron chi connectivity index (χ1n) is 7.15. The van der Waals surface area contributed by atoms with Gasteiger partial charge in [0, 0.05) is 31.9 Å². The third-order valence-corrected chi connectivity index (χ3v) is 3.55. The van der Waals surface area contributed by atoms with Gasteiger partial charge in [0.05, 0.1) is 5.69 Å². The molecule has 0 spiro atoms. The minimum Gasteiger partial charge on any atom is -0.357 e. The van der Waals surface area contributed by atoms with Gasteiger partial charge in [-0.15, -0.1) is 24.0 Å². The Morgan fingerprint density at radius 1 is 1.40 bits per heavy atom. The molecule has 0 bridgehead atoms. The Hall–Kier alpha value is -0.790. The highest BCUT2D eigenvalue weighted by Gasteiger charge is 2.22. The summed E-state index contributed by atoms with van der Waals surface area (Å²) >= 11 is 0. The Morgan fingerprint density at radius 3 is 2.60 bits per heavy atom. The fraction of sp³-hybridized carbons (Fsp3) is 0.714. The number of aliphatic imine (C=N–C) groups is 1. The second kappa shape index (κ2) is 7.85. The molecule has 1 aromatic heterocycles. The van der Waals surface area contributed by atoms with Gasteiger partial charge in [0.2, 0.25) is 0 Å². The van der Waals surface area contributed by atoms with Crippen LogP contribution in [0.15, 0.2) is 4.99 Å². The van der Waals surface area contributed by atoms with Crippen molar-refractivity contribution < 1.29 is 0 Å². The highest BCUT2D eigenvalue weighted by molar-refractivity contribution is 14.0. The van der Waals surface area contributed by atoms with Gasteiger partial charge in [0.15, 0.2) is 5.96 Å². The topological polar surface area (TPSA) is 54.2 Å². The van der Waals surface area contributed by atoms with Crippen molar-refractivity contribution in [2.75, 3.05) is 13.1 Å². The van der Waals surface area contributed by atoms with Gasteiger partial charge in [-0.2, -0.15) is 5.10 Å². The first kappa shape index (κ1) is 17.3. The highest BCUT2D eigenvalue weighted by atomic mass is 127. The predicted octanol–water partition coefficient (Wildman–Crippen LogP) is 1.91. The fourth-order valence-electron chi connectivity index (χ4n) is 2.20. The standard InChI is InChI=1S/C14H25N5.HI/c1-5-15-14(17-12-6-7-12)16-9-8-13-10(2)18-19(4)11(13)3;/h12H,5-9H2,1-4H3,(H2,15,16,17);1H. The summed E-state index contributed by atoms with van der Waals surface area (Å²) in [5.74, 6) is 0.948. The van der Waals surface area contributed by atoms with E-state index in [0.29, 0.717) is 6.04 Å². The molecular weight excluding hydrogens is 365 g/mol. The molecule has 0 unspecified atom stereocenters. The van der Waals surface area contributed by atoms with Gasteiger partial charge in [-0.1, -0.05) is 0 Å². The van der Waals surface area contributed by atoms with Crippen molar-refractivity contribution in [3.8, 4) is 0 Å².